The van der Waals surface area contributed by atoms with Gasteiger partial charge in [-0.1, -0.05) is 23.4 Å². The Morgan fingerprint density at radius 1 is 1.19 bits per heavy atom. The second-order valence-electron chi connectivity index (χ2n) is 6.82. The first-order valence-electron chi connectivity index (χ1n) is 8.93. The molecule has 0 bridgehead atoms. The second-order valence-corrected chi connectivity index (χ2v) is 6.82. The van der Waals surface area contributed by atoms with Crippen molar-refractivity contribution in [1.29, 1.82) is 0 Å². The molecule has 0 atom stereocenters. The number of morpholine rings is 1. The minimum Gasteiger partial charge on any atom is -0.486 e. The molecule has 1 aromatic carbocycles. The summed E-state index contributed by atoms with van der Waals surface area (Å²) >= 11 is 0. The Kier molecular flexibility index (Phi) is 4.55. The summed E-state index contributed by atoms with van der Waals surface area (Å²) in [6.07, 6.45) is 0.0142. The number of para-hydroxylation sites is 1. The third-order valence-electron chi connectivity index (χ3n) is 4.87. The second kappa shape index (κ2) is 6.99. The van der Waals surface area contributed by atoms with Gasteiger partial charge in [0.05, 0.1) is 26.3 Å². The van der Waals surface area contributed by atoms with E-state index in [2.05, 4.69) is 10.1 Å². The molecule has 0 unspecified atom stereocenters. The Hall–Kier alpha value is -2.54. The van der Waals surface area contributed by atoms with Crippen molar-refractivity contribution in [2.75, 3.05) is 44.3 Å². The van der Waals surface area contributed by atoms with E-state index in [-0.39, 0.29) is 17.8 Å². The van der Waals surface area contributed by atoms with Gasteiger partial charge in [0.25, 0.3) is 5.91 Å². The van der Waals surface area contributed by atoms with Crippen LogP contribution in [0.15, 0.2) is 28.8 Å². The van der Waals surface area contributed by atoms with Crippen LogP contribution in [0.1, 0.15) is 21.7 Å². The van der Waals surface area contributed by atoms with E-state index in [1.165, 1.54) is 0 Å². The molecular weight excluding hydrogens is 334 g/mol. The van der Waals surface area contributed by atoms with E-state index in [0.717, 1.165) is 30.0 Å². The molecule has 1 amide bonds. The van der Waals surface area contributed by atoms with Gasteiger partial charge in [0, 0.05) is 19.2 Å². The van der Waals surface area contributed by atoms with Crippen molar-refractivity contribution >= 4 is 11.7 Å². The lowest BCUT2D eigenvalue weighted by Gasteiger charge is -2.38. The molecule has 1 aromatic heterocycles. The Balaban J connectivity index is 1.34. The standard InChI is InChI=1S/C19H23N3O4/c1-13-4-3-5-14(2)18(13)25-15-11-22(12-15)19(23)16-10-17(20-26-16)21-6-8-24-9-7-21/h3-5,10,15H,6-9,11-12H2,1-2H3. The van der Waals surface area contributed by atoms with Crippen LogP contribution in [-0.4, -0.2) is 61.5 Å². The minimum atomic E-state index is -0.140. The van der Waals surface area contributed by atoms with Crippen LogP contribution in [0.5, 0.6) is 5.75 Å². The van der Waals surface area contributed by atoms with E-state index < -0.39 is 0 Å². The molecule has 26 heavy (non-hydrogen) atoms. The number of benzene rings is 1. The average molecular weight is 357 g/mol. The fourth-order valence-electron chi connectivity index (χ4n) is 3.29. The summed E-state index contributed by atoms with van der Waals surface area (Å²) in [5.41, 5.74) is 2.22. The van der Waals surface area contributed by atoms with Gasteiger partial charge >= 0.3 is 0 Å². The molecule has 0 spiro atoms. The molecule has 0 aliphatic carbocycles. The van der Waals surface area contributed by atoms with E-state index in [1.54, 1.807) is 11.0 Å². The SMILES string of the molecule is Cc1cccc(C)c1OC1CN(C(=O)c2cc(N3CCOCC3)no2)C1. The highest BCUT2D eigenvalue weighted by Gasteiger charge is 2.35. The van der Waals surface area contributed by atoms with E-state index in [4.69, 9.17) is 14.0 Å². The Morgan fingerprint density at radius 2 is 1.88 bits per heavy atom. The molecule has 4 rings (SSSR count). The van der Waals surface area contributed by atoms with Crippen molar-refractivity contribution in [3.63, 3.8) is 0 Å². The number of likely N-dealkylation sites (tertiary alicyclic amines) is 1. The number of carbonyl (C=O) groups excluding carboxylic acids is 1. The van der Waals surface area contributed by atoms with Gasteiger partial charge in [-0.05, 0) is 25.0 Å². The van der Waals surface area contributed by atoms with Crippen molar-refractivity contribution in [3.05, 3.63) is 41.2 Å². The number of nitrogens with zero attached hydrogens (tertiary/aromatic N) is 3. The van der Waals surface area contributed by atoms with Crippen LogP contribution in [0.2, 0.25) is 0 Å². The van der Waals surface area contributed by atoms with Gasteiger partial charge in [-0.15, -0.1) is 0 Å². The van der Waals surface area contributed by atoms with Gasteiger partial charge in [0.1, 0.15) is 11.9 Å². The number of rotatable bonds is 4. The molecule has 0 N–H and O–H groups in total. The molecule has 0 saturated carbocycles. The lowest BCUT2D eigenvalue weighted by atomic mass is 10.1. The van der Waals surface area contributed by atoms with Crippen LogP contribution in [0.4, 0.5) is 5.82 Å². The van der Waals surface area contributed by atoms with Gasteiger partial charge < -0.3 is 23.8 Å². The Labute approximate surface area is 152 Å². The molecule has 3 heterocycles. The summed E-state index contributed by atoms with van der Waals surface area (Å²) in [5.74, 6) is 1.75. The number of hydrogen-bond donors (Lipinski definition) is 0. The summed E-state index contributed by atoms with van der Waals surface area (Å²) in [6.45, 7) is 8.03. The zero-order valence-corrected chi connectivity index (χ0v) is 15.1. The third kappa shape index (κ3) is 3.26. The van der Waals surface area contributed by atoms with Crippen molar-refractivity contribution in [3.8, 4) is 5.75 Å². The molecule has 2 aromatic rings. The minimum absolute atomic E-state index is 0.0142. The molecular formula is C19H23N3O4. The third-order valence-corrected chi connectivity index (χ3v) is 4.87. The zero-order valence-electron chi connectivity index (χ0n) is 15.1. The van der Waals surface area contributed by atoms with Crippen LogP contribution in [-0.2, 0) is 4.74 Å². The van der Waals surface area contributed by atoms with Crippen LogP contribution in [0.3, 0.4) is 0 Å². The smallest absolute Gasteiger partial charge is 0.292 e. The molecule has 2 saturated heterocycles. The fraction of sp³-hybridized carbons (Fsp3) is 0.474. The molecule has 7 nitrogen and oxygen atoms in total. The van der Waals surface area contributed by atoms with Crippen molar-refractivity contribution in [2.45, 2.75) is 20.0 Å². The van der Waals surface area contributed by atoms with E-state index in [1.807, 2.05) is 32.0 Å². The summed E-state index contributed by atoms with van der Waals surface area (Å²) in [7, 11) is 0. The average Bonchev–Trinajstić information content (AvgIpc) is 3.10. The molecule has 138 valence electrons. The Bertz CT molecular complexity index is 772. The van der Waals surface area contributed by atoms with E-state index >= 15 is 0 Å². The summed E-state index contributed by atoms with van der Waals surface area (Å²) in [4.78, 5) is 16.3. The zero-order chi connectivity index (χ0) is 18.1. The Morgan fingerprint density at radius 3 is 2.58 bits per heavy atom. The summed E-state index contributed by atoms with van der Waals surface area (Å²) in [5, 5.41) is 4.03. The molecule has 7 heteroatoms. The van der Waals surface area contributed by atoms with Crippen LogP contribution >= 0.6 is 0 Å². The van der Waals surface area contributed by atoms with Crippen LogP contribution in [0, 0.1) is 13.8 Å². The van der Waals surface area contributed by atoms with Gasteiger partial charge in [-0.2, -0.15) is 0 Å². The number of ether oxygens (including phenoxy) is 2. The number of aromatic nitrogens is 1. The monoisotopic (exact) mass is 357 g/mol. The largest absolute Gasteiger partial charge is 0.486 e. The van der Waals surface area contributed by atoms with Crippen molar-refractivity contribution in [2.24, 2.45) is 0 Å². The lowest BCUT2D eigenvalue weighted by Crippen LogP contribution is -2.56. The highest BCUT2D eigenvalue weighted by atomic mass is 16.5. The van der Waals surface area contributed by atoms with Gasteiger partial charge in [-0.25, -0.2) is 0 Å². The topological polar surface area (TPSA) is 68.0 Å². The maximum atomic E-state index is 12.5. The molecule has 2 aliphatic heterocycles. The van der Waals surface area contributed by atoms with Crippen LogP contribution in [0.25, 0.3) is 0 Å². The number of carbonyl (C=O) groups is 1. The predicted octanol–water partition coefficient (Wildman–Crippen LogP) is 2.03. The molecule has 2 aliphatic rings. The lowest BCUT2D eigenvalue weighted by molar-refractivity contribution is 0.0145. The highest BCUT2D eigenvalue weighted by Crippen LogP contribution is 2.27. The fourth-order valence-corrected chi connectivity index (χ4v) is 3.29. The summed E-state index contributed by atoms with van der Waals surface area (Å²) in [6, 6.07) is 7.80. The predicted molar refractivity (Wildman–Crippen MR) is 95.8 cm³/mol. The maximum absolute atomic E-state index is 12.5. The van der Waals surface area contributed by atoms with E-state index in [9.17, 15) is 4.79 Å². The van der Waals surface area contributed by atoms with Crippen molar-refractivity contribution < 1.29 is 18.8 Å². The number of hydrogen-bond acceptors (Lipinski definition) is 6. The van der Waals surface area contributed by atoms with Gasteiger partial charge in [0.2, 0.25) is 5.76 Å². The normalized spacial score (nSPS) is 17.9. The number of aryl methyl sites for hydroxylation is 2. The van der Waals surface area contributed by atoms with Crippen LogP contribution < -0.4 is 9.64 Å². The first-order chi connectivity index (χ1) is 12.6. The van der Waals surface area contributed by atoms with Gasteiger partial charge in [-0.3, -0.25) is 4.79 Å². The maximum Gasteiger partial charge on any atom is 0.292 e. The first-order valence-corrected chi connectivity index (χ1v) is 8.93. The van der Waals surface area contributed by atoms with E-state index in [0.29, 0.717) is 32.1 Å². The highest BCUT2D eigenvalue weighted by molar-refractivity contribution is 5.92. The first kappa shape index (κ1) is 16.9. The summed E-state index contributed by atoms with van der Waals surface area (Å²) < 4.78 is 16.7. The quantitative estimate of drug-likeness (QED) is 0.834. The number of anilines is 1. The molecule has 2 fully saturated rings. The van der Waals surface area contributed by atoms with Gasteiger partial charge in [0.15, 0.2) is 5.82 Å². The molecule has 0 radical (unpaired) electrons. The van der Waals surface area contributed by atoms with Crippen molar-refractivity contribution in [1.82, 2.24) is 10.1 Å². The number of amides is 1.